The zero-order valence-electron chi connectivity index (χ0n) is 37.4. The van der Waals surface area contributed by atoms with Gasteiger partial charge in [0.25, 0.3) is 0 Å². The van der Waals surface area contributed by atoms with Crippen LogP contribution in [0.3, 0.4) is 0 Å². The molecule has 0 fully saturated rings. The molecule has 0 spiro atoms. The van der Waals surface area contributed by atoms with Crippen LogP contribution in [0.4, 0.5) is 11.4 Å². The Labute approximate surface area is 396 Å². The lowest BCUT2D eigenvalue weighted by molar-refractivity contribution is 1.62. The van der Waals surface area contributed by atoms with Crippen molar-refractivity contribution in [3.05, 3.63) is 231 Å². The first-order valence-corrected chi connectivity index (χ1v) is 24.0. The molecule has 0 saturated heterocycles. The van der Waals surface area contributed by atoms with Crippen LogP contribution < -0.4 is 5.32 Å². The van der Waals surface area contributed by atoms with Gasteiger partial charge >= 0.3 is 0 Å². The number of benzene rings is 16. The van der Waals surface area contributed by atoms with Gasteiger partial charge in [-0.15, -0.1) is 0 Å². The van der Waals surface area contributed by atoms with Gasteiger partial charge in [-0.2, -0.15) is 0 Å². The van der Waals surface area contributed by atoms with Gasteiger partial charge in [0.2, 0.25) is 0 Å². The molecule has 1 heteroatoms. The molecule has 0 saturated carbocycles. The molecule has 0 atom stereocenters. The fraction of sp³-hybridized carbons (Fsp3) is 0. The molecule has 1 N–H and O–H groups in total. The van der Waals surface area contributed by atoms with E-state index in [1.165, 1.54) is 151 Å². The van der Waals surface area contributed by atoms with Crippen LogP contribution in [0, 0.1) is 0 Å². The SMILES string of the molecule is c1ccc2cc3cc4cc5cc6cc7cc8c(Nc9cccc%10cc%11cc%12cc%13cc%14cc%15cc%16ccccc%16cc%15cc%14cc%13cc%12cc%11cc9%10)cccc8cc7cc6cc5cc4cc3cc2c1. The highest BCUT2D eigenvalue weighted by Crippen LogP contribution is 2.39. The van der Waals surface area contributed by atoms with Crippen LogP contribution in [0.2, 0.25) is 0 Å². The zero-order valence-corrected chi connectivity index (χ0v) is 37.4. The second-order valence-corrected chi connectivity index (χ2v) is 19.6. The Kier molecular flexibility index (Phi) is 7.40. The summed E-state index contributed by atoms with van der Waals surface area (Å²) in [6, 6.07) is 87.1. The van der Waals surface area contributed by atoms with E-state index in [4.69, 9.17) is 0 Å². The van der Waals surface area contributed by atoms with E-state index in [9.17, 15) is 0 Å². The molecule has 0 amide bonds. The quantitative estimate of drug-likeness (QED) is 0.171. The summed E-state index contributed by atoms with van der Waals surface area (Å²) in [4.78, 5) is 0. The van der Waals surface area contributed by atoms with Gasteiger partial charge in [0.1, 0.15) is 0 Å². The van der Waals surface area contributed by atoms with Crippen molar-refractivity contribution in [1.82, 2.24) is 0 Å². The summed E-state index contributed by atoms with van der Waals surface area (Å²) < 4.78 is 0. The minimum Gasteiger partial charge on any atom is -0.355 e. The van der Waals surface area contributed by atoms with Gasteiger partial charge in [0.05, 0.1) is 0 Å². The lowest BCUT2D eigenvalue weighted by Gasteiger charge is -2.15. The Balaban J connectivity index is 0.775. The number of anilines is 2. The summed E-state index contributed by atoms with van der Waals surface area (Å²) in [6.07, 6.45) is 0. The first kappa shape index (κ1) is 37.1. The van der Waals surface area contributed by atoms with Crippen molar-refractivity contribution in [3.63, 3.8) is 0 Å². The van der Waals surface area contributed by atoms with Crippen molar-refractivity contribution >= 4 is 162 Å². The van der Waals surface area contributed by atoms with Crippen LogP contribution in [0.1, 0.15) is 0 Å². The third kappa shape index (κ3) is 5.84. The Hall–Kier alpha value is -9.04. The average Bonchev–Trinajstić information content (AvgIpc) is 3.36. The molecule has 316 valence electrons. The Morgan fingerprint density at radius 3 is 0.551 bits per heavy atom. The van der Waals surface area contributed by atoms with Crippen LogP contribution >= 0.6 is 0 Å². The van der Waals surface area contributed by atoms with Gasteiger partial charge in [-0.05, 0) is 298 Å². The van der Waals surface area contributed by atoms with Crippen LogP contribution in [-0.4, -0.2) is 0 Å². The summed E-state index contributed by atoms with van der Waals surface area (Å²) in [6.45, 7) is 0. The van der Waals surface area contributed by atoms with Crippen molar-refractivity contribution in [1.29, 1.82) is 0 Å². The molecule has 0 aliphatic rings. The third-order valence-electron chi connectivity index (χ3n) is 15.3. The molecule has 16 aromatic rings. The molecule has 0 bridgehead atoms. The topological polar surface area (TPSA) is 12.0 Å². The van der Waals surface area contributed by atoms with Crippen molar-refractivity contribution < 1.29 is 0 Å². The molecule has 1 nitrogen and oxygen atoms in total. The molecule has 0 aliphatic carbocycles. The van der Waals surface area contributed by atoms with E-state index >= 15 is 0 Å². The monoisotopic (exact) mass is 869 g/mol. The molecule has 16 rings (SSSR count). The molecule has 0 radical (unpaired) electrons. The largest absolute Gasteiger partial charge is 0.355 e. The van der Waals surface area contributed by atoms with Gasteiger partial charge < -0.3 is 5.32 Å². The highest BCUT2D eigenvalue weighted by atomic mass is 14.9. The lowest BCUT2D eigenvalue weighted by Crippen LogP contribution is -1.93. The fourth-order valence-corrected chi connectivity index (χ4v) is 11.8. The van der Waals surface area contributed by atoms with Crippen molar-refractivity contribution in [3.8, 4) is 0 Å². The van der Waals surface area contributed by atoms with Gasteiger partial charge in [-0.1, -0.05) is 72.8 Å². The van der Waals surface area contributed by atoms with Crippen LogP contribution in [0.25, 0.3) is 151 Å². The van der Waals surface area contributed by atoms with Crippen LogP contribution in [-0.2, 0) is 0 Å². The smallest absolute Gasteiger partial charge is 0.0464 e. The summed E-state index contributed by atoms with van der Waals surface area (Å²) in [5.74, 6) is 0. The highest BCUT2D eigenvalue weighted by Gasteiger charge is 2.12. The summed E-state index contributed by atoms with van der Waals surface area (Å²) in [5, 5.41) is 39.1. The van der Waals surface area contributed by atoms with E-state index in [0.29, 0.717) is 0 Å². The molecular formula is C68H39N. The van der Waals surface area contributed by atoms with E-state index in [1.54, 1.807) is 0 Å². The second-order valence-electron chi connectivity index (χ2n) is 19.6. The van der Waals surface area contributed by atoms with E-state index in [0.717, 1.165) is 11.4 Å². The van der Waals surface area contributed by atoms with E-state index in [1.807, 2.05) is 0 Å². The molecular weight excluding hydrogens is 831 g/mol. The first-order chi connectivity index (χ1) is 34.0. The lowest BCUT2D eigenvalue weighted by atomic mass is 9.94. The fourth-order valence-electron chi connectivity index (χ4n) is 11.8. The average molecular weight is 870 g/mol. The molecule has 16 aromatic carbocycles. The van der Waals surface area contributed by atoms with Gasteiger partial charge in [-0.3, -0.25) is 0 Å². The first-order valence-electron chi connectivity index (χ1n) is 24.0. The van der Waals surface area contributed by atoms with Crippen molar-refractivity contribution in [2.75, 3.05) is 5.32 Å². The maximum absolute atomic E-state index is 3.92. The number of hydrogen-bond donors (Lipinski definition) is 1. The molecule has 0 unspecified atom stereocenters. The van der Waals surface area contributed by atoms with Crippen LogP contribution in [0.5, 0.6) is 0 Å². The molecule has 0 aliphatic heterocycles. The summed E-state index contributed by atoms with van der Waals surface area (Å²) in [7, 11) is 0. The van der Waals surface area contributed by atoms with E-state index in [-0.39, 0.29) is 0 Å². The normalized spacial score (nSPS) is 12.3. The Morgan fingerprint density at radius 1 is 0.145 bits per heavy atom. The molecule has 0 aromatic heterocycles. The van der Waals surface area contributed by atoms with E-state index < -0.39 is 0 Å². The standard InChI is InChI=1S/C68H39N/c1-3-9-41-17-47-23-53-29-59-33-61-35-63-37-65-43(19-49(63)25-55(61)31-57(59)27-51(53)21-45(47)15-39(41)7-1)11-5-13-67(65)69-68-14-6-12-44-20-50-26-56-32-58-28-52-22-46-16-40-8-2-4-10-42(40)18-48(46)24-54(52)30-60(58)34-62(56)36-64(50)38-66(44)68/h1-38,69H. The second kappa shape index (κ2) is 13.8. The van der Waals surface area contributed by atoms with Gasteiger partial charge in [-0.25, -0.2) is 0 Å². The summed E-state index contributed by atoms with van der Waals surface area (Å²) >= 11 is 0. The summed E-state index contributed by atoms with van der Waals surface area (Å²) in [5.41, 5.74) is 2.20. The van der Waals surface area contributed by atoms with Crippen molar-refractivity contribution in [2.45, 2.75) is 0 Å². The van der Waals surface area contributed by atoms with Gasteiger partial charge in [0, 0.05) is 22.1 Å². The Morgan fingerprint density at radius 2 is 0.319 bits per heavy atom. The molecule has 0 heterocycles. The number of fused-ring (bicyclic) bond motifs is 14. The van der Waals surface area contributed by atoms with Crippen molar-refractivity contribution in [2.24, 2.45) is 0 Å². The Bertz CT molecular complexity index is 4670. The predicted molar refractivity (Wildman–Crippen MR) is 301 cm³/mol. The zero-order chi connectivity index (χ0) is 44.9. The maximum Gasteiger partial charge on any atom is 0.0464 e. The molecule has 69 heavy (non-hydrogen) atoms. The number of nitrogens with one attached hydrogen (secondary N) is 1. The maximum atomic E-state index is 3.92. The number of rotatable bonds is 2. The predicted octanol–water partition coefficient (Wildman–Crippen LogP) is 19.6. The third-order valence-corrected chi connectivity index (χ3v) is 15.3. The van der Waals surface area contributed by atoms with E-state index in [2.05, 4.69) is 236 Å². The number of hydrogen-bond acceptors (Lipinski definition) is 1. The minimum absolute atomic E-state index is 1.10. The van der Waals surface area contributed by atoms with Gasteiger partial charge in [0.15, 0.2) is 0 Å². The van der Waals surface area contributed by atoms with Crippen LogP contribution in [0.15, 0.2) is 231 Å². The minimum atomic E-state index is 1.10. The highest BCUT2D eigenvalue weighted by molar-refractivity contribution is 6.16.